The molecule has 0 spiro atoms. The van der Waals surface area contributed by atoms with E-state index in [0.717, 1.165) is 41.0 Å². The lowest BCUT2D eigenvalue weighted by Crippen LogP contribution is -2.39. The van der Waals surface area contributed by atoms with Gasteiger partial charge in [-0.1, -0.05) is 0 Å². The standard InChI is InChI=1S/C18H13F4N3O3/c19-12-5-6-14-13(9-12)24-16(27)17(28)25(14)8-7-23-15(26)10-1-3-11(4-2-10)18(20,21)22/h1-6,9H,7-8H2,(H,23,26)(H,24,27). The summed E-state index contributed by atoms with van der Waals surface area (Å²) in [6, 6.07) is 7.16. The van der Waals surface area contributed by atoms with Crippen molar-refractivity contribution in [1.82, 2.24) is 14.9 Å². The van der Waals surface area contributed by atoms with Crippen LogP contribution in [0.5, 0.6) is 0 Å². The summed E-state index contributed by atoms with van der Waals surface area (Å²) in [5.41, 5.74) is -2.28. The van der Waals surface area contributed by atoms with Gasteiger partial charge in [-0.2, -0.15) is 13.2 Å². The van der Waals surface area contributed by atoms with Crippen LogP contribution in [0.2, 0.25) is 0 Å². The molecule has 6 nitrogen and oxygen atoms in total. The molecule has 0 unspecified atom stereocenters. The molecule has 10 heteroatoms. The second-order valence-electron chi connectivity index (χ2n) is 5.90. The molecule has 3 rings (SSSR count). The van der Waals surface area contributed by atoms with Gasteiger partial charge in [0, 0.05) is 18.7 Å². The molecule has 146 valence electrons. The SMILES string of the molecule is O=C(NCCn1c(=O)c(=O)[nH]c2cc(F)ccc21)c1ccc(C(F)(F)F)cc1. The maximum atomic E-state index is 13.3. The Kier molecular flexibility index (Phi) is 5.04. The van der Waals surface area contributed by atoms with Crippen LogP contribution in [-0.4, -0.2) is 22.0 Å². The second kappa shape index (κ2) is 7.29. The Morgan fingerprint density at radius 3 is 2.39 bits per heavy atom. The fraction of sp³-hybridized carbons (Fsp3) is 0.167. The minimum absolute atomic E-state index is 0.0122. The van der Waals surface area contributed by atoms with E-state index in [1.807, 2.05) is 0 Å². The van der Waals surface area contributed by atoms with Gasteiger partial charge < -0.3 is 14.9 Å². The Bertz CT molecular complexity index is 1150. The van der Waals surface area contributed by atoms with Gasteiger partial charge in [0.2, 0.25) is 0 Å². The average molecular weight is 395 g/mol. The number of benzene rings is 2. The van der Waals surface area contributed by atoms with Gasteiger partial charge in [0.1, 0.15) is 5.82 Å². The Morgan fingerprint density at radius 2 is 1.75 bits per heavy atom. The van der Waals surface area contributed by atoms with Gasteiger partial charge in [0.05, 0.1) is 16.6 Å². The van der Waals surface area contributed by atoms with Gasteiger partial charge in [0.25, 0.3) is 5.91 Å². The number of alkyl halides is 3. The van der Waals surface area contributed by atoms with Crippen LogP contribution in [0.25, 0.3) is 11.0 Å². The number of hydrogen-bond acceptors (Lipinski definition) is 3. The van der Waals surface area contributed by atoms with Crippen molar-refractivity contribution >= 4 is 16.9 Å². The highest BCUT2D eigenvalue weighted by Gasteiger charge is 2.30. The number of carbonyl (C=O) groups is 1. The molecule has 0 atom stereocenters. The first-order valence-electron chi connectivity index (χ1n) is 8.04. The highest BCUT2D eigenvalue weighted by Crippen LogP contribution is 2.29. The Hall–Kier alpha value is -3.43. The predicted molar refractivity (Wildman–Crippen MR) is 92.6 cm³/mol. The van der Waals surface area contributed by atoms with Crippen LogP contribution in [-0.2, 0) is 12.7 Å². The molecule has 0 radical (unpaired) electrons. The number of nitrogens with one attached hydrogen (secondary N) is 2. The van der Waals surface area contributed by atoms with E-state index in [2.05, 4.69) is 10.3 Å². The van der Waals surface area contributed by atoms with Crippen LogP contribution in [0.15, 0.2) is 52.1 Å². The maximum absolute atomic E-state index is 13.3. The van der Waals surface area contributed by atoms with Crippen molar-refractivity contribution in [2.24, 2.45) is 0 Å². The molecule has 2 N–H and O–H groups in total. The van der Waals surface area contributed by atoms with Crippen LogP contribution < -0.4 is 16.4 Å². The number of carbonyl (C=O) groups excluding carboxylic acids is 1. The molecule has 0 saturated heterocycles. The number of aromatic nitrogens is 2. The van der Waals surface area contributed by atoms with Gasteiger partial charge in [-0.05, 0) is 42.5 Å². The van der Waals surface area contributed by atoms with Crippen LogP contribution in [0.1, 0.15) is 15.9 Å². The second-order valence-corrected chi connectivity index (χ2v) is 5.90. The van der Waals surface area contributed by atoms with Crippen molar-refractivity contribution in [3.63, 3.8) is 0 Å². The molecule has 1 heterocycles. The summed E-state index contributed by atoms with van der Waals surface area (Å²) < 4.78 is 52.0. The van der Waals surface area contributed by atoms with E-state index in [4.69, 9.17) is 0 Å². The van der Waals surface area contributed by atoms with E-state index >= 15 is 0 Å². The molecular weight excluding hydrogens is 382 g/mol. The lowest BCUT2D eigenvalue weighted by atomic mass is 10.1. The van der Waals surface area contributed by atoms with Gasteiger partial charge in [-0.3, -0.25) is 14.4 Å². The molecule has 1 amide bonds. The number of nitrogens with zero attached hydrogens (tertiary/aromatic N) is 1. The normalized spacial score (nSPS) is 11.6. The van der Waals surface area contributed by atoms with Crippen molar-refractivity contribution in [2.75, 3.05) is 6.54 Å². The minimum Gasteiger partial charge on any atom is -0.350 e. The molecule has 0 aliphatic rings. The largest absolute Gasteiger partial charge is 0.416 e. The van der Waals surface area contributed by atoms with Crippen molar-refractivity contribution in [2.45, 2.75) is 12.7 Å². The van der Waals surface area contributed by atoms with E-state index < -0.39 is 34.6 Å². The van der Waals surface area contributed by atoms with Crippen molar-refractivity contribution < 1.29 is 22.4 Å². The van der Waals surface area contributed by atoms with E-state index in [-0.39, 0.29) is 29.7 Å². The number of aromatic amines is 1. The smallest absolute Gasteiger partial charge is 0.350 e. The lowest BCUT2D eigenvalue weighted by molar-refractivity contribution is -0.137. The van der Waals surface area contributed by atoms with Crippen LogP contribution in [0.4, 0.5) is 17.6 Å². The zero-order valence-electron chi connectivity index (χ0n) is 14.1. The average Bonchev–Trinajstić information content (AvgIpc) is 2.64. The number of H-pyrrole nitrogens is 1. The van der Waals surface area contributed by atoms with Crippen LogP contribution >= 0.6 is 0 Å². The third-order valence-corrected chi connectivity index (χ3v) is 4.03. The molecular formula is C18H13F4N3O3. The van der Waals surface area contributed by atoms with Gasteiger partial charge in [-0.15, -0.1) is 0 Å². The molecule has 3 aromatic rings. The number of halogens is 4. The van der Waals surface area contributed by atoms with Crippen molar-refractivity contribution in [3.8, 4) is 0 Å². The van der Waals surface area contributed by atoms with Crippen LogP contribution in [0, 0.1) is 5.82 Å². The first-order valence-corrected chi connectivity index (χ1v) is 8.04. The number of hydrogen-bond donors (Lipinski definition) is 2. The number of rotatable bonds is 4. The van der Waals surface area contributed by atoms with Crippen LogP contribution in [0.3, 0.4) is 0 Å². The third kappa shape index (κ3) is 3.95. The van der Waals surface area contributed by atoms with E-state index in [9.17, 15) is 31.9 Å². The Balaban J connectivity index is 1.75. The summed E-state index contributed by atoms with van der Waals surface area (Å²) in [5.74, 6) is -1.23. The van der Waals surface area contributed by atoms with Crippen molar-refractivity contribution in [1.29, 1.82) is 0 Å². The number of amides is 1. The summed E-state index contributed by atoms with van der Waals surface area (Å²) >= 11 is 0. The molecule has 2 aromatic carbocycles. The zero-order valence-corrected chi connectivity index (χ0v) is 14.1. The lowest BCUT2D eigenvalue weighted by Gasteiger charge is -2.11. The van der Waals surface area contributed by atoms with E-state index in [0.29, 0.717) is 0 Å². The molecule has 0 saturated carbocycles. The molecule has 0 aliphatic heterocycles. The molecule has 0 aliphatic carbocycles. The predicted octanol–water partition coefficient (Wildman–Crippen LogP) is 2.28. The van der Waals surface area contributed by atoms with E-state index in [1.165, 1.54) is 6.07 Å². The fourth-order valence-electron chi connectivity index (χ4n) is 2.67. The zero-order chi connectivity index (χ0) is 20.5. The van der Waals surface area contributed by atoms with Gasteiger partial charge in [-0.25, -0.2) is 4.39 Å². The fourth-order valence-corrected chi connectivity index (χ4v) is 2.67. The molecule has 28 heavy (non-hydrogen) atoms. The maximum Gasteiger partial charge on any atom is 0.416 e. The van der Waals surface area contributed by atoms with E-state index in [1.54, 1.807) is 0 Å². The molecule has 1 aromatic heterocycles. The Labute approximate surface area is 154 Å². The van der Waals surface area contributed by atoms with Crippen molar-refractivity contribution in [3.05, 3.63) is 80.1 Å². The summed E-state index contributed by atoms with van der Waals surface area (Å²) in [6.45, 7) is -0.160. The first-order chi connectivity index (χ1) is 13.2. The Morgan fingerprint density at radius 1 is 1.07 bits per heavy atom. The topological polar surface area (TPSA) is 84.0 Å². The minimum atomic E-state index is -4.50. The van der Waals surface area contributed by atoms with Gasteiger partial charge >= 0.3 is 17.3 Å². The molecule has 0 bridgehead atoms. The summed E-state index contributed by atoms with van der Waals surface area (Å²) in [6.07, 6.45) is -4.50. The quantitative estimate of drug-likeness (QED) is 0.525. The molecule has 0 fully saturated rings. The summed E-state index contributed by atoms with van der Waals surface area (Å²) in [7, 11) is 0. The monoisotopic (exact) mass is 395 g/mol. The summed E-state index contributed by atoms with van der Waals surface area (Å²) in [5, 5.41) is 2.46. The first kappa shape index (κ1) is 19.3. The third-order valence-electron chi connectivity index (χ3n) is 4.03. The highest BCUT2D eigenvalue weighted by atomic mass is 19.4. The summed E-state index contributed by atoms with van der Waals surface area (Å²) in [4.78, 5) is 38.1. The highest BCUT2D eigenvalue weighted by molar-refractivity contribution is 5.94. The number of fused-ring (bicyclic) bond motifs is 1. The van der Waals surface area contributed by atoms with Gasteiger partial charge in [0.15, 0.2) is 0 Å².